The highest BCUT2D eigenvalue weighted by Gasteiger charge is 2.07. The highest BCUT2D eigenvalue weighted by atomic mass is 32.2. The van der Waals surface area contributed by atoms with E-state index in [2.05, 4.69) is 36.1 Å². The van der Waals surface area contributed by atoms with Crippen molar-refractivity contribution in [1.29, 1.82) is 0 Å². The number of imidazole rings is 1. The molecule has 76 valence electrons. The Morgan fingerprint density at radius 1 is 1.50 bits per heavy atom. The molecule has 0 aliphatic heterocycles. The first-order chi connectivity index (χ1) is 6.49. The number of thioether (sulfide) groups is 1. The van der Waals surface area contributed by atoms with Gasteiger partial charge < -0.3 is 4.57 Å². The van der Waals surface area contributed by atoms with Crippen molar-refractivity contribution < 1.29 is 0 Å². The summed E-state index contributed by atoms with van der Waals surface area (Å²) in [5, 5.41) is 1.04. The number of hydrogen-bond acceptors (Lipinski definition) is 2. The van der Waals surface area contributed by atoms with Crippen LogP contribution in [0.2, 0.25) is 19.6 Å². The van der Waals surface area contributed by atoms with Gasteiger partial charge in [-0.25, -0.2) is 4.98 Å². The molecule has 0 amide bonds. The van der Waals surface area contributed by atoms with E-state index in [-0.39, 0.29) is 0 Å². The Kier molecular flexibility index (Phi) is 3.84. The lowest BCUT2D eigenvalue weighted by molar-refractivity contribution is 0.791. The van der Waals surface area contributed by atoms with Gasteiger partial charge in [0.25, 0.3) is 0 Å². The lowest BCUT2D eigenvalue weighted by Crippen LogP contribution is -2.16. The minimum Gasteiger partial charge on any atom is -0.329 e. The van der Waals surface area contributed by atoms with Crippen molar-refractivity contribution >= 4 is 19.8 Å². The lowest BCUT2D eigenvalue weighted by Gasteiger charge is -2.03. The van der Waals surface area contributed by atoms with Crippen LogP contribution in [0.5, 0.6) is 0 Å². The zero-order valence-electron chi connectivity index (χ0n) is 9.16. The van der Waals surface area contributed by atoms with Crippen LogP contribution >= 0.6 is 11.8 Å². The Morgan fingerprint density at radius 3 is 2.71 bits per heavy atom. The van der Waals surface area contributed by atoms with E-state index < -0.39 is 8.07 Å². The first kappa shape index (κ1) is 11.4. The van der Waals surface area contributed by atoms with Gasteiger partial charge in [0, 0.05) is 19.4 Å². The minimum absolute atomic E-state index is 0.842. The van der Waals surface area contributed by atoms with E-state index >= 15 is 0 Å². The molecule has 2 nitrogen and oxygen atoms in total. The molecule has 0 bridgehead atoms. The van der Waals surface area contributed by atoms with Crippen molar-refractivity contribution in [1.82, 2.24) is 9.55 Å². The van der Waals surface area contributed by atoms with Crippen LogP contribution in [0.25, 0.3) is 0 Å². The lowest BCUT2D eigenvalue weighted by atomic mass is 10.8. The van der Waals surface area contributed by atoms with Crippen molar-refractivity contribution in [3.63, 3.8) is 0 Å². The predicted molar refractivity (Wildman–Crippen MR) is 65.1 cm³/mol. The molecule has 0 saturated carbocycles. The minimum atomic E-state index is -1.19. The molecule has 0 saturated heterocycles. The quantitative estimate of drug-likeness (QED) is 0.436. The van der Waals surface area contributed by atoms with Crippen molar-refractivity contribution in [3.8, 4) is 11.5 Å². The van der Waals surface area contributed by atoms with E-state index in [1.54, 1.807) is 11.8 Å². The van der Waals surface area contributed by atoms with Gasteiger partial charge in [-0.15, -0.1) is 5.54 Å². The molecule has 0 unspecified atom stereocenters. The average molecular weight is 224 g/mol. The van der Waals surface area contributed by atoms with E-state index in [9.17, 15) is 0 Å². The standard InChI is InChI=1S/C10H16N2SSi/c1-12-7-6-11-10(12)13-8-5-9-14(2,3)4/h6-7H,8H2,1-4H3. The number of nitrogens with zero attached hydrogens (tertiary/aromatic N) is 2. The molecule has 14 heavy (non-hydrogen) atoms. The Hall–Kier alpha value is -0.663. The maximum Gasteiger partial charge on any atom is 0.168 e. The van der Waals surface area contributed by atoms with Gasteiger partial charge in [0.05, 0.1) is 5.75 Å². The van der Waals surface area contributed by atoms with Crippen molar-refractivity contribution in [2.75, 3.05) is 5.75 Å². The molecule has 4 heteroatoms. The summed E-state index contributed by atoms with van der Waals surface area (Å²) in [6, 6.07) is 0. The molecule has 0 radical (unpaired) electrons. The maximum atomic E-state index is 4.22. The van der Waals surface area contributed by atoms with Gasteiger partial charge in [0.15, 0.2) is 5.16 Å². The van der Waals surface area contributed by atoms with Crippen LogP contribution in [0.4, 0.5) is 0 Å². The number of rotatable bonds is 2. The summed E-state index contributed by atoms with van der Waals surface area (Å²) in [7, 11) is 0.807. The van der Waals surface area contributed by atoms with Gasteiger partial charge >= 0.3 is 0 Å². The third-order valence-electron chi connectivity index (χ3n) is 1.51. The van der Waals surface area contributed by atoms with Gasteiger partial charge in [0.1, 0.15) is 8.07 Å². The molecule has 0 aliphatic carbocycles. The van der Waals surface area contributed by atoms with Crippen LogP contribution < -0.4 is 0 Å². The summed E-state index contributed by atoms with van der Waals surface area (Å²) in [5.74, 6) is 4.05. The van der Waals surface area contributed by atoms with Gasteiger partial charge in [-0.05, 0) is 0 Å². The summed E-state index contributed by atoms with van der Waals surface area (Å²) in [5.41, 5.74) is 3.33. The molecule has 1 aromatic heterocycles. The van der Waals surface area contributed by atoms with Crippen LogP contribution in [0.15, 0.2) is 17.6 Å². The third-order valence-corrected chi connectivity index (χ3v) is 3.38. The molecule has 0 aliphatic rings. The Balaban J connectivity index is 2.42. The Bertz CT molecular complexity index is 354. The highest BCUT2D eigenvalue weighted by molar-refractivity contribution is 7.99. The second-order valence-corrected chi connectivity index (χ2v) is 9.85. The first-order valence-electron chi connectivity index (χ1n) is 4.59. The van der Waals surface area contributed by atoms with Crippen molar-refractivity contribution in [3.05, 3.63) is 12.4 Å². The molecule has 1 heterocycles. The average Bonchev–Trinajstić information content (AvgIpc) is 2.44. The molecular weight excluding hydrogens is 208 g/mol. The Labute approximate surface area is 91.1 Å². The summed E-state index contributed by atoms with van der Waals surface area (Å²) in [4.78, 5) is 4.22. The van der Waals surface area contributed by atoms with Gasteiger partial charge in [0.2, 0.25) is 0 Å². The van der Waals surface area contributed by atoms with E-state index in [4.69, 9.17) is 0 Å². The van der Waals surface area contributed by atoms with Crippen LogP contribution in [-0.4, -0.2) is 23.4 Å². The van der Waals surface area contributed by atoms with Crippen molar-refractivity contribution in [2.24, 2.45) is 7.05 Å². The zero-order chi connectivity index (χ0) is 10.6. The first-order valence-corrected chi connectivity index (χ1v) is 9.08. The molecule has 0 aromatic carbocycles. The molecule has 0 fully saturated rings. The fraction of sp³-hybridized carbons (Fsp3) is 0.500. The van der Waals surface area contributed by atoms with Gasteiger partial charge in [-0.1, -0.05) is 37.3 Å². The van der Waals surface area contributed by atoms with E-state index in [0.717, 1.165) is 10.9 Å². The smallest absolute Gasteiger partial charge is 0.168 e. The van der Waals surface area contributed by atoms with Crippen LogP contribution in [-0.2, 0) is 7.05 Å². The Morgan fingerprint density at radius 2 is 2.21 bits per heavy atom. The molecular formula is C10H16N2SSi. The summed E-state index contributed by atoms with van der Waals surface area (Å²) >= 11 is 1.69. The predicted octanol–water partition coefficient (Wildman–Crippen LogP) is 2.39. The largest absolute Gasteiger partial charge is 0.329 e. The SMILES string of the molecule is Cn1ccnc1SCC#C[Si](C)(C)C. The highest BCUT2D eigenvalue weighted by Crippen LogP contribution is 2.13. The fourth-order valence-corrected chi connectivity index (χ4v) is 2.31. The number of aromatic nitrogens is 2. The molecule has 0 atom stereocenters. The van der Waals surface area contributed by atoms with Gasteiger partial charge in [-0.2, -0.15) is 0 Å². The van der Waals surface area contributed by atoms with E-state index in [0.29, 0.717) is 0 Å². The van der Waals surface area contributed by atoms with E-state index in [1.165, 1.54) is 0 Å². The molecule has 1 rings (SSSR count). The second-order valence-electron chi connectivity index (χ2n) is 4.16. The third kappa shape index (κ3) is 4.03. The zero-order valence-corrected chi connectivity index (χ0v) is 11.0. The fourth-order valence-electron chi connectivity index (χ4n) is 0.893. The topological polar surface area (TPSA) is 17.8 Å². The second kappa shape index (κ2) is 4.72. The monoisotopic (exact) mass is 224 g/mol. The summed E-state index contributed by atoms with van der Waals surface area (Å²) < 4.78 is 2.01. The maximum absolute atomic E-state index is 4.22. The normalized spacial score (nSPS) is 10.9. The molecule has 1 aromatic rings. The van der Waals surface area contributed by atoms with Crippen molar-refractivity contribution in [2.45, 2.75) is 24.8 Å². The van der Waals surface area contributed by atoms with E-state index in [1.807, 2.05) is 24.0 Å². The summed E-state index contributed by atoms with van der Waals surface area (Å²) in [6.45, 7) is 6.77. The number of aryl methyl sites for hydroxylation is 1. The van der Waals surface area contributed by atoms with Crippen LogP contribution in [0.1, 0.15) is 0 Å². The van der Waals surface area contributed by atoms with Crippen LogP contribution in [0, 0.1) is 11.5 Å². The molecule has 0 spiro atoms. The molecule has 0 N–H and O–H groups in total. The van der Waals surface area contributed by atoms with Crippen LogP contribution in [0.3, 0.4) is 0 Å². The number of hydrogen-bond donors (Lipinski definition) is 0. The van der Waals surface area contributed by atoms with Gasteiger partial charge in [-0.3, -0.25) is 0 Å². The summed E-state index contributed by atoms with van der Waals surface area (Å²) in [6.07, 6.45) is 3.77.